The van der Waals surface area contributed by atoms with E-state index in [-0.39, 0.29) is 6.03 Å². The van der Waals surface area contributed by atoms with Crippen LogP contribution in [0.25, 0.3) is 10.9 Å². The van der Waals surface area contributed by atoms with Crippen molar-refractivity contribution >= 4 is 28.3 Å². The van der Waals surface area contributed by atoms with Crippen LogP contribution in [-0.4, -0.2) is 15.6 Å². The summed E-state index contributed by atoms with van der Waals surface area (Å²) in [5.41, 5.74) is 3.87. The van der Waals surface area contributed by atoms with Crippen molar-refractivity contribution in [2.24, 2.45) is 7.05 Å². The molecule has 0 unspecified atom stereocenters. The normalized spacial score (nSPS) is 10.6. The Bertz CT molecular complexity index is 808. The summed E-state index contributed by atoms with van der Waals surface area (Å²) in [5.74, 6) is 0. The Kier molecular flexibility index (Phi) is 3.78. The minimum absolute atomic E-state index is 0.277. The molecule has 0 aliphatic rings. The van der Waals surface area contributed by atoms with Gasteiger partial charge >= 0.3 is 6.03 Å². The van der Waals surface area contributed by atoms with Crippen LogP contribution < -0.4 is 10.6 Å². The van der Waals surface area contributed by atoms with Crippen molar-refractivity contribution in [3.05, 3.63) is 54.5 Å². The number of nitrogens with zero attached hydrogens (tertiary/aromatic N) is 2. The lowest BCUT2D eigenvalue weighted by atomic mass is 10.1. The number of hydrogen-bond acceptors (Lipinski definition) is 2. The highest BCUT2D eigenvalue weighted by atomic mass is 16.2. The second-order valence-electron chi connectivity index (χ2n) is 5.17. The quantitative estimate of drug-likeness (QED) is 0.772. The van der Waals surface area contributed by atoms with Gasteiger partial charge in [0.15, 0.2) is 0 Å². The molecule has 0 aliphatic carbocycles. The lowest BCUT2D eigenvalue weighted by Crippen LogP contribution is -2.19. The molecule has 0 fully saturated rings. The molecule has 3 rings (SSSR count). The van der Waals surface area contributed by atoms with E-state index in [0.29, 0.717) is 5.69 Å². The molecule has 0 spiro atoms. The van der Waals surface area contributed by atoms with Crippen molar-refractivity contribution in [2.45, 2.75) is 13.3 Å². The number of urea groups is 1. The van der Waals surface area contributed by atoms with Gasteiger partial charge in [-0.15, -0.1) is 0 Å². The highest BCUT2D eigenvalue weighted by Gasteiger charge is 2.08. The first-order valence-electron chi connectivity index (χ1n) is 7.23. The molecule has 2 heterocycles. The van der Waals surface area contributed by atoms with Gasteiger partial charge in [-0.25, -0.2) is 4.79 Å². The van der Waals surface area contributed by atoms with Crippen LogP contribution in [0, 0.1) is 0 Å². The van der Waals surface area contributed by atoms with Crippen LogP contribution in [0.4, 0.5) is 16.2 Å². The van der Waals surface area contributed by atoms with Gasteiger partial charge in [0, 0.05) is 36.0 Å². The number of rotatable bonds is 3. The first kappa shape index (κ1) is 14.1. The molecule has 2 N–H and O–H groups in total. The number of hydrogen-bond donors (Lipinski definition) is 2. The van der Waals surface area contributed by atoms with Gasteiger partial charge < -0.3 is 15.2 Å². The number of aromatic nitrogens is 2. The fraction of sp³-hybridized carbons (Fsp3) is 0.176. The number of anilines is 2. The number of amides is 2. The zero-order valence-electron chi connectivity index (χ0n) is 12.6. The largest absolute Gasteiger partial charge is 0.350 e. The van der Waals surface area contributed by atoms with Crippen molar-refractivity contribution in [3.8, 4) is 0 Å². The molecular formula is C17H18N4O. The Morgan fingerprint density at radius 2 is 2.05 bits per heavy atom. The number of carbonyl (C=O) groups excluding carboxylic acids is 1. The van der Waals surface area contributed by atoms with Crippen LogP contribution in [0.5, 0.6) is 0 Å². The Balaban J connectivity index is 1.80. The maximum absolute atomic E-state index is 12.0. The highest BCUT2D eigenvalue weighted by Crippen LogP contribution is 2.24. The highest BCUT2D eigenvalue weighted by molar-refractivity contribution is 6.01. The molecule has 3 aromatic rings. The number of benzene rings is 1. The molecule has 0 saturated carbocycles. The van der Waals surface area contributed by atoms with Crippen LogP contribution in [0.1, 0.15) is 12.5 Å². The Morgan fingerprint density at radius 3 is 2.77 bits per heavy atom. The van der Waals surface area contributed by atoms with E-state index in [1.807, 2.05) is 25.2 Å². The smallest absolute Gasteiger partial charge is 0.323 e. The Labute approximate surface area is 129 Å². The fourth-order valence-corrected chi connectivity index (χ4v) is 2.56. The summed E-state index contributed by atoms with van der Waals surface area (Å²) in [5, 5.41) is 6.78. The SMILES string of the molecule is CCc1cn(C)c2ccc(NC(=O)Nc3cccnc3)cc12. The molecule has 0 saturated heterocycles. The summed E-state index contributed by atoms with van der Waals surface area (Å²) in [6.07, 6.45) is 6.36. The van der Waals surface area contributed by atoms with E-state index in [1.165, 1.54) is 10.9 Å². The fourth-order valence-electron chi connectivity index (χ4n) is 2.56. The van der Waals surface area contributed by atoms with E-state index in [2.05, 4.69) is 33.3 Å². The third kappa shape index (κ3) is 2.79. The average Bonchev–Trinajstić information content (AvgIpc) is 2.84. The molecule has 5 heteroatoms. The number of pyridine rings is 1. The molecule has 2 amide bonds. The maximum Gasteiger partial charge on any atom is 0.323 e. The van der Waals surface area contributed by atoms with E-state index in [1.54, 1.807) is 24.5 Å². The van der Waals surface area contributed by atoms with Gasteiger partial charge in [0.25, 0.3) is 0 Å². The van der Waals surface area contributed by atoms with Crippen LogP contribution in [0.15, 0.2) is 48.9 Å². The van der Waals surface area contributed by atoms with Gasteiger partial charge in [0.1, 0.15) is 0 Å². The topological polar surface area (TPSA) is 59.0 Å². The Hall–Kier alpha value is -2.82. The summed E-state index contributed by atoms with van der Waals surface area (Å²) >= 11 is 0. The predicted octanol–water partition coefficient (Wildman–Crippen LogP) is 3.78. The van der Waals surface area contributed by atoms with E-state index >= 15 is 0 Å². The second-order valence-corrected chi connectivity index (χ2v) is 5.17. The molecule has 2 aromatic heterocycles. The van der Waals surface area contributed by atoms with Crippen LogP contribution >= 0.6 is 0 Å². The van der Waals surface area contributed by atoms with Gasteiger partial charge in [-0.1, -0.05) is 6.92 Å². The van der Waals surface area contributed by atoms with Crippen LogP contribution in [-0.2, 0) is 13.5 Å². The minimum atomic E-state index is -0.277. The zero-order chi connectivity index (χ0) is 15.5. The van der Waals surface area contributed by atoms with Gasteiger partial charge in [-0.05, 0) is 42.3 Å². The van der Waals surface area contributed by atoms with Gasteiger partial charge in [0.2, 0.25) is 0 Å². The molecule has 0 atom stereocenters. The van der Waals surface area contributed by atoms with E-state index in [4.69, 9.17) is 0 Å². The summed E-state index contributed by atoms with van der Waals surface area (Å²) in [6, 6.07) is 9.23. The summed E-state index contributed by atoms with van der Waals surface area (Å²) in [7, 11) is 2.03. The summed E-state index contributed by atoms with van der Waals surface area (Å²) in [4.78, 5) is 16.0. The zero-order valence-corrected chi connectivity index (χ0v) is 12.6. The first-order valence-corrected chi connectivity index (χ1v) is 7.23. The third-order valence-corrected chi connectivity index (χ3v) is 3.63. The molecule has 1 aromatic carbocycles. The van der Waals surface area contributed by atoms with E-state index < -0.39 is 0 Å². The lowest BCUT2D eigenvalue weighted by molar-refractivity contribution is 0.262. The predicted molar refractivity (Wildman–Crippen MR) is 89.2 cm³/mol. The van der Waals surface area contributed by atoms with Crippen molar-refractivity contribution < 1.29 is 4.79 Å². The lowest BCUT2D eigenvalue weighted by Gasteiger charge is -2.08. The molecule has 0 aliphatic heterocycles. The molecule has 5 nitrogen and oxygen atoms in total. The molecular weight excluding hydrogens is 276 g/mol. The monoisotopic (exact) mass is 294 g/mol. The molecule has 0 radical (unpaired) electrons. The summed E-state index contributed by atoms with van der Waals surface area (Å²) < 4.78 is 2.10. The average molecular weight is 294 g/mol. The van der Waals surface area contributed by atoms with Crippen molar-refractivity contribution in [1.82, 2.24) is 9.55 Å². The van der Waals surface area contributed by atoms with Gasteiger partial charge in [-0.2, -0.15) is 0 Å². The standard InChI is InChI=1S/C17H18N4O/c1-3-12-11-21(2)16-7-6-13(9-15(12)16)19-17(22)20-14-5-4-8-18-10-14/h4-11H,3H2,1-2H3,(H2,19,20,22). The number of carbonyl (C=O) groups is 1. The number of nitrogens with one attached hydrogen (secondary N) is 2. The minimum Gasteiger partial charge on any atom is -0.350 e. The van der Waals surface area contributed by atoms with Crippen molar-refractivity contribution in [3.63, 3.8) is 0 Å². The van der Waals surface area contributed by atoms with Crippen molar-refractivity contribution in [1.29, 1.82) is 0 Å². The van der Waals surface area contributed by atoms with E-state index in [9.17, 15) is 4.79 Å². The van der Waals surface area contributed by atoms with Gasteiger partial charge in [-0.3, -0.25) is 4.98 Å². The number of fused-ring (bicyclic) bond motifs is 1. The molecule has 0 bridgehead atoms. The molecule has 22 heavy (non-hydrogen) atoms. The van der Waals surface area contributed by atoms with Gasteiger partial charge in [0.05, 0.1) is 11.9 Å². The van der Waals surface area contributed by atoms with Crippen molar-refractivity contribution in [2.75, 3.05) is 10.6 Å². The van der Waals surface area contributed by atoms with E-state index in [0.717, 1.165) is 17.6 Å². The second kappa shape index (κ2) is 5.89. The maximum atomic E-state index is 12.0. The molecule has 112 valence electrons. The Morgan fingerprint density at radius 1 is 1.23 bits per heavy atom. The first-order chi connectivity index (χ1) is 10.7. The summed E-state index contributed by atoms with van der Waals surface area (Å²) in [6.45, 7) is 2.13. The van der Waals surface area contributed by atoms with Crippen LogP contribution in [0.2, 0.25) is 0 Å². The number of aryl methyl sites for hydroxylation is 2. The third-order valence-electron chi connectivity index (χ3n) is 3.63. The van der Waals surface area contributed by atoms with Crippen LogP contribution in [0.3, 0.4) is 0 Å².